The van der Waals surface area contributed by atoms with E-state index in [0.29, 0.717) is 28.5 Å². The normalized spacial score (nSPS) is 15.4. The van der Waals surface area contributed by atoms with Gasteiger partial charge in [0.05, 0.1) is 37.9 Å². The Balaban J connectivity index is 2.09. The van der Waals surface area contributed by atoms with Crippen LogP contribution in [0.15, 0.2) is 18.2 Å². The van der Waals surface area contributed by atoms with Crippen molar-refractivity contribution >= 4 is 17.3 Å². The van der Waals surface area contributed by atoms with E-state index in [9.17, 15) is 14.9 Å². The van der Waals surface area contributed by atoms with E-state index in [-0.39, 0.29) is 11.6 Å². The number of rotatable bonds is 6. The van der Waals surface area contributed by atoms with E-state index in [1.54, 1.807) is 0 Å². The second-order valence-corrected chi connectivity index (χ2v) is 6.56. The number of hydrogen-bond acceptors (Lipinski definition) is 4. The fourth-order valence-electron chi connectivity index (χ4n) is 3.20. The maximum atomic E-state index is 12.4. The van der Waals surface area contributed by atoms with E-state index < -0.39 is 4.92 Å². The van der Waals surface area contributed by atoms with Gasteiger partial charge >= 0.3 is 0 Å². The molecule has 23 heavy (non-hydrogen) atoms. The second-order valence-electron chi connectivity index (χ2n) is 6.56. The molecule has 1 fully saturated rings. The Labute approximate surface area is 136 Å². The average Bonchev–Trinajstić information content (AvgIpc) is 3.01. The number of benzene rings is 1. The van der Waals surface area contributed by atoms with Gasteiger partial charge in [-0.2, -0.15) is 0 Å². The number of methoxy groups -OCH3 is 1. The number of nitrogens with zero attached hydrogens (tertiary/aromatic N) is 2. The molecule has 1 N–H and O–H groups in total. The summed E-state index contributed by atoms with van der Waals surface area (Å²) in [5.74, 6) is 0.246. The highest BCUT2D eigenvalue weighted by atomic mass is 16.6. The molecule has 0 spiro atoms. The third-order valence-electron chi connectivity index (χ3n) is 4.53. The SMILES string of the molecule is COc1ccc([N+](=O)[O-])cc1NC(=O)C[N+](C)(C)C1CCCC1. The van der Waals surface area contributed by atoms with E-state index in [4.69, 9.17) is 4.74 Å². The number of amides is 1. The first kappa shape index (κ1) is 17.2. The number of carbonyl (C=O) groups excluding carboxylic acids is 1. The third-order valence-corrected chi connectivity index (χ3v) is 4.53. The fourth-order valence-corrected chi connectivity index (χ4v) is 3.20. The quantitative estimate of drug-likeness (QED) is 0.496. The van der Waals surface area contributed by atoms with Crippen molar-refractivity contribution < 1.29 is 18.9 Å². The third kappa shape index (κ3) is 4.19. The number of non-ortho nitro benzene ring substituents is 1. The van der Waals surface area contributed by atoms with Crippen LogP contribution in [-0.4, -0.2) is 49.1 Å². The summed E-state index contributed by atoms with van der Waals surface area (Å²) in [5, 5.41) is 13.6. The van der Waals surface area contributed by atoms with Crippen molar-refractivity contribution in [3.63, 3.8) is 0 Å². The summed E-state index contributed by atoms with van der Waals surface area (Å²) < 4.78 is 5.80. The highest BCUT2D eigenvalue weighted by Gasteiger charge is 2.33. The van der Waals surface area contributed by atoms with Gasteiger partial charge in [-0.15, -0.1) is 0 Å². The van der Waals surface area contributed by atoms with E-state index in [2.05, 4.69) is 19.4 Å². The number of nitro benzene ring substituents is 1. The molecule has 7 heteroatoms. The summed E-state index contributed by atoms with van der Waals surface area (Å²) in [5.41, 5.74) is 0.253. The maximum absolute atomic E-state index is 12.4. The van der Waals surface area contributed by atoms with Gasteiger partial charge in [-0.3, -0.25) is 14.9 Å². The zero-order chi connectivity index (χ0) is 17.0. The van der Waals surface area contributed by atoms with E-state index in [0.717, 1.165) is 12.8 Å². The van der Waals surface area contributed by atoms with Crippen LogP contribution in [0.25, 0.3) is 0 Å². The minimum absolute atomic E-state index is 0.0781. The topological polar surface area (TPSA) is 81.5 Å². The molecule has 2 rings (SSSR count). The first-order valence-electron chi connectivity index (χ1n) is 7.78. The van der Waals surface area contributed by atoms with Crippen molar-refractivity contribution in [2.45, 2.75) is 31.7 Å². The maximum Gasteiger partial charge on any atom is 0.279 e. The lowest BCUT2D eigenvalue weighted by atomic mass is 10.2. The second kappa shape index (κ2) is 6.95. The van der Waals surface area contributed by atoms with Gasteiger partial charge in [0.15, 0.2) is 6.54 Å². The van der Waals surface area contributed by atoms with Gasteiger partial charge in [0.2, 0.25) is 0 Å². The summed E-state index contributed by atoms with van der Waals surface area (Å²) in [6.07, 6.45) is 4.71. The van der Waals surface area contributed by atoms with Gasteiger partial charge in [-0.25, -0.2) is 0 Å². The van der Waals surface area contributed by atoms with Crippen molar-refractivity contribution in [3.05, 3.63) is 28.3 Å². The van der Waals surface area contributed by atoms with Gasteiger partial charge in [0.1, 0.15) is 5.75 Å². The molecule has 0 saturated heterocycles. The number of nitrogens with one attached hydrogen (secondary N) is 1. The number of hydrogen-bond donors (Lipinski definition) is 1. The molecule has 0 unspecified atom stereocenters. The molecule has 0 radical (unpaired) electrons. The molecule has 126 valence electrons. The number of anilines is 1. The van der Waals surface area contributed by atoms with Crippen LogP contribution in [0.1, 0.15) is 25.7 Å². The summed E-state index contributed by atoms with van der Waals surface area (Å²) in [6, 6.07) is 4.66. The van der Waals surface area contributed by atoms with E-state index in [1.165, 1.54) is 38.2 Å². The standard InChI is InChI=1S/C16H23N3O4/c1-19(2,13-6-4-5-7-13)11-16(20)17-14-10-12(18(21)22)8-9-15(14)23-3/h8-10,13H,4-7,11H2,1-3H3/p+1. The average molecular weight is 322 g/mol. The molecule has 0 bridgehead atoms. The number of ether oxygens (including phenoxy) is 1. The zero-order valence-electron chi connectivity index (χ0n) is 13.9. The predicted octanol–water partition coefficient (Wildman–Crippen LogP) is 2.56. The predicted molar refractivity (Wildman–Crippen MR) is 87.5 cm³/mol. The largest absolute Gasteiger partial charge is 0.495 e. The first-order chi connectivity index (χ1) is 10.8. The first-order valence-corrected chi connectivity index (χ1v) is 7.78. The molecule has 1 saturated carbocycles. The zero-order valence-corrected chi connectivity index (χ0v) is 13.9. The fraction of sp³-hybridized carbons (Fsp3) is 0.562. The van der Waals surface area contributed by atoms with Gasteiger partial charge in [0, 0.05) is 12.1 Å². The van der Waals surface area contributed by atoms with Crippen LogP contribution >= 0.6 is 0 Å². The molecule has 0 heterocycles. The Bertz CT molecular complexity index is 595. The molecule has 1 aliphatic carbocycles. The Hall–Kier alpha value is -2.15. The minimum atomic E-state index is -0.492. The van der Waals surface area contributed by atoms with Crippen molar-refractivity contribution in [1.82, 2.24) is 0 Å². The van der Waals surface area contributed by atoms with Crippen LogP contribution in [0.3, 0.4) is 0 Å². The van der Waals surface area contributed by atoms with Crippen LogP contribution in [-0.2, 0) is 4.79 Å². The van der Waals surface area contributed by atoms with Crippen LogP contribution in [0.4, 0.5) is 11.4 Å². The summed E-state index contributed by atoms with van der Waals surface area (Å²) in [4.78, 5) is 22.8. The van der Waals surface area contributed by atoms with Crippen molar-refractivity contribution in [1.29, 1.82) is 0 Å². The summed E-state index contributed by atoms with van der Waals surface area (Å²) in [7, 11) is 5.58. The molecule has 0 aromatic heterocycles. The summed E-state index contributed by atoms with van der Waals surface area (Å²) in [6.45, 7) is 0.330. The number of quaternary nitrogens is 1. The van der Waals surface area contributed by atoms with Crippen LogP contribution in [0.2, 0.25) is 0 Å². The number of nitro groups is 1. The lowest BCUT2D eigenvalue weighted by Gasteiger charge is -2.35. The minimum Gasteiger partial charge on any atom is -0.495 e. The lowest BCUT2D eigenvalue weighted by Crippen LogP contribution is -2.51. The van der Waals surface area contributed by atoms with Gasteiger partial charge in [0.25, 0.3) is 11.6 Å². The molecule has 0 aliphatic heterocycles. The molecule has 7 nitrogen and oxygen atoms in total. The molecular formula is C16H24N3O4+. The Kier molecular flexibility index (Phi) is 5.20. The highest BCUT2D eigenvalue weighted by molar-refractivity contribution is 5.93. The van der Waals surface area contributed by atoms with Crippen molar-refractivity contribution in [2.24, 2.45) is 0 Å². The Morgan fingerprint density at radius 1 is 1.39 bits per heavy atom. The van der Waals surface area contributed by atoms with Gasteiger partial charge in [-0.05, 0) is 31.7 Å². The van der Waals surface area contributed by atoms with Crippen molar-refractivity contribution in [3.8, 4) is 5.75 Å². The van der Waals surface area contributed by atoms with Crippen LogP contribution < -0.4 is 10.1 Å². The van der Waals surface area contributed by atoms with E-state index in [1.807, 2.05) is 0 Å². The smallest absolute Gasteiger partial charge is 0.279 e. The van der Waals surface area contributed by atoms with Crippen LogP contribution in [0, 0.1) is 10.1 Å². The molecule has 1 aromatic carbocycles. The molecular weight excluding hydrogens is 298 g/mol. The monoisotopic (exact) mass is 322 g/mol. The van der Waals surface area contributed by atoms with E-state index >= 15 is 0 Å². The Morgan fingerprint density at radius 2 is 2.04 bits per heavy atom. The molecule has 1 amide bonds. The highest BCUT2D eigenvalue weighted by Crippen LogP contribution is 2.30. The van der Waals surface area contributed by atoms with Gasteiger partial charge in [-0.1, -0.05) is 0 Å². The van der Waals surface area contributed by atoms with Crippen molar-refractivity contribution in [2.75, 3.05) is 33.1 Å². The molecule has 1 aliphatic rings. The molecule has 0 atom stereocenters. The lowest BCUT2D eigenvalue weighted by molar-refractivity contribution is -0.906. The number of carbonyl (C=O) groups is 1. The number of likely N-dealkylation sites (N-methyl/N-ethyl adjacent to an activating group) is 1. The summed E-state index contributed by atoms with van der Waals surface area (Å²) >= 11 is 0. The van der Waals surface area contributed by atoms with Gasteiger partial charge < -0.3 is 14.5 Å². The molecule has 1 aromatic rings. The van der Waals surface area contributed by atoms with Crippen LogP contribution in [0.5, 0.6) is 5.75 Å². The Morgan fingerprint density at radius 3 is 2.61 bits per heavy atom.